The lowest BCUT2D eigenvalue weighted by molar-refractivity contribution is 0.301. The zero-order valence-electron chi connectivity index (χ0n) is 10.4. The van der Waals surface area contributed by atoms with Gasteiger partial charge >= 0.3 is 0 Å². The maximum atomic E-state index is 5.67. The van der Waals surface area contributed by atoms with Crippen molar-refractivity contribution in [2.45, 2.75) is 20.5 Å². The molecule has 94 valence electrons. The van der Waals surface area contributed by atoms with Gasteiger partial charge in [-0.15, -0.1) is 0 Å². The second kappa shape index (κ2) is 5.35. The molecule has 1 aromatic carbocycles. The van der Waals surface area contributed by atoms with Gasteiger partial charge in [-0.05, 0) is 43.7 Å². The van der Waals surface area contributed by atoms with Crippen LogP contribution in [0.4, 0.5) is 0 Å². The number of hydrogen-bond donors (Lipinski definition) is 1. The van der Waals surface area contributed by atoms with Gasteiger partial charge in [-0.3, -0.25) is 0 Å². The standard InChI is InChI=1S/C13H15N3O2/c1-9-13(10(2)18-16-9)8-17-12-5-3-11(4-6-12)7-15-14/h3-7H,8,14H2,1-2H3. The lowest BCUT2D eigenvalue weighted by atomic mass is 10.2. The molecule has 0 bridgehead atoms. The van der Waals surface area contributed by atoms with Crippen molar-refractivity contribution in [2.75, 3.05) is 0 Å². The second-order valence-corrected chi connectivity index (χ2v) is 3.94. The molecule has 2 aromatic rings. The van der Waals surface area contributed by atoms with Crippen molar-refractivity contribution in [1.82, 2.24) is 5.16 Å². The Labute approximate surface area is 105 Å². The van der Waals surface area contributed by atoms with E-state index in [9.17, 15) is 0 Å². The van der Waals surface area contributed by atoms with Gasteiger partial charge in [0, 0.05) is 0 Å². The average molecular weight is 245 g/mol. The molecule has 0 atom stereocenters. The molecule has 0 spiro atoms. The first-order valence-electron chi connectivity index (χ1n) is 5.58. The van der Waals surface area contributed by atoms with E-state index in [0.29, 0.717) is 6.61 Å². The highest BCUT2D eigenvalue weighted by molar-refractivity contribution is 5.79. The Morgan fingerprint density at radius 2 is 2.06 bits per heavy atom. The average Bonchev–Trinajstić information content (AvgIpc) is 2.69. The SMILES string of the molecule is Cc1noc(C)c1COc1ccc(C=NN)cc1. The van der Waals surface area contributed by atoms with Crippen LogP contribution in [0.15, 0.2) is 33.9 Å². The summed E-state index contributed by atoms with van der Waals surface area (Å²) >= 11 is 0. The third kappa shape index (κ3) is 2.68. The molecule has 0 aliphatic rings. The number of nitrogens with zero attached hydrogens (tertiary/aromatic N) is 2. The first-order chi connectivity index (χ1) is 8.70. The third-order valence-electron chi connectivity index (χ3n) is 2.67. The number of nitrogens with two attached hydrogens (primary N) is 1. The number of aryl methyl sites for hydroxylation is 2. The monoisotopic (exact) mass is 245 g/mol. The number of benzene rings is 1. The Morgan fingerprint density at radius 3 is 2.61 bits per heavy atom. The summed E-state index contributed by atoms with van der Waals surface area (Å²) in [6.07, 6.45) is 1.58. The van der Waals surface area contributed by atoms with Gasteiger partial charge in [0.15, 0.2) is 0 Å². The van der Waals surface area contributed by atoms with E-state index in [1.807, 2.05) is 38.1 Å². The topological polar surface area (TPSA) is 73.6 Å². The maximum absolute atomic E-state index is 5.67. The van der Waals surface area contributed by atoms with Gasteiger partial charge in [-0.1, -0.05) is 5.16 Å². The van der Waals surface area contributed by atoms with Crippen molar-refractivity contribution in [2.24, 2.45) is 10.9 Å². The van der Waals surface area contributed by atoms with Gasteiger partial charge < -0.3 is 15.1 Å². The van der Waals surface area contributed by atoms with Crippen molar-refractivity contribution in [3.8, 4) is 5.75 Å². The van der Waals surface area contributed by atoms with Crippen LogP contribution in [0.1, 0.15) is 22.6 Å². The molecule has 0 amide bonds. The minimum atomic E-state index is 0.450. The van der Waals surface area contributed by atoms with E-state index >= 15 is 0 Å². The van der Waals surface area contributed by atoms with Crippen molar-refractivity contribution in [3.05, 3.63) is 46.8 Å². The summed E-state index contributed by atoms with van der Waals surface area (Å²) in [5, 5.41) is 7.34. The van der Waals surface area contributed by atoms with Crippen LogP contribution in [0, 0.1) is 13.8 Å². The fourth-order valence-electron chi connectivity index (χ4n) is 1.60. The molecule has 0 radical (unpaired) electrons. The van der Waals surface area contributed by atoms with Crippen LogP contribution in [0.3, 0.4) is 0 Å². The van der Waals surface area contributed by atoms with E-state index < -0.39 is 0 Å². The molecule has 0 fully saturated rings. The van der Waals surface area contributed by atoms with E-state index in [1.165, 1.54) is 0 Å². The van der Waals surface area contributed by atoms with Crippen LogP contribution >= 0.6 is 0 Å². The number of aromatic nitrogens is 1. The van der Waals surface area contributed by atoms with Crippen LogP contribution < -0.4 is 10.6 Å². The highest BCUT2D eigenvalue weighted by Crippen LogP contribution is 2.17. The summed E-state index contributed by atoms with van der Waals surface area (Å²) in [5.74, 6) is 6.65. The van der Waals surface area contributed by atoms with Gasteiger partial charge in [0.2, 0.25) is 0 Å². The van der Waals surface area contributed by atoms with Crippen LogP contribution in [-0.2, 0) is 6.61 Å². The summed E-state index contributed by atoms with van der Waals surface area (Å²) in [6, 6.07) is 7.52. The summed E-state index contributed by atoms with van der Waals surface area (Å²) < 4.78 is 10.7. The Bertz CT molecular complexity index is 524. The molecule has 2 N–H and O–H groups in total. The molecule has 1 aromatic heterocycles. The van der Waals surface area contributed by atoms with E-state index in [0.717, 1.165) is 28.3 Å². The summed E-state index contributed by atoms with van der Waals surface area (Å²) in [4.78, 5) is 0. The Morgan fingerprint density at radius 1 is 1.33 bits per heavy atom. The molecular formula is C13H15N3O2. The maximum Gasteiger partial charge on any atom is 0.140 e. The molecule has 0 aliphatic heterocycles. The minimum Gasteiger partial charge on any atom is -0.489 e. The van der Waals surface area contributed by atoms with Gasteiger partial charge in [0.25, 0.3) is 0 Å². The number of ether oxygens (including phenoxy) is 1. The molecule has 1 heterocycles. The second-order valence-electron chi connectivity index (χ2n) is 3.94. The fourth-order valence-corrected chi connectivity index (χ4v) is 1.60. The van der Waals surface area contributed by atoms with E-state index in [4.69, 9.17) is 15.1 Å². The Balaban J connectivity index is 2.02. The Kier molecular flexibility index (Phi) is 3.62. The number of hydrogen-bond acceptors (Lipinski definition) is 5. The van der Waals surface area contributed by atoms with Crippen molar-refractivity contribution in [3.63, 3.8) is 0 Å². The highest BCUT2D eigenvalue weighted by atomic mass is 16.5. The Hall–Kier alpha value is -2.30. The van der Waals surface area contributed by atoms with Crippen LogP contribution in [-0.4, -0.2) is 11.4 Å². The molecule has 0 saturated heterocycles. The first kappa shape index (κ1) is 12.2. The van der Waals surface area contributed by atoms with Crippen molar-refractivity contribution < 1.29 is 9.26 Å². The molecular weight excluding hydrogens is 230 g/mol. The predicted octanol–water partition coefficient (Wildman–Crippen LogP) is 2.16. The molecule has 0 unspecified atom stereocenters. The molecule has 0 aliphatic carbocycles. The van der Waals surface area contributed by atoms with Gasteiger partial charge in [0.05, 0.1) is 17.5 Å². The number of rotatable bonds is 4. The molecule has 18 heavy (non-hydrogen) atoms. The molecule has 0 saturated carbocycles. The zero-order chi connectivity index (χ0) is 13.0. The normalized spacial score (nSPS) is 11.0. The van der Waals surface area contributed by atoms with Gasteiger partial charge in [-0.25, -0.2) is 0 Å². The smallest absolute Gasteiger partial charge is 0.140 e. The van der Waals surface area contributed by atoms with E-state index in [2.05, 4.69) is 10.3 Å². The molecule has 2 rings (SSSR count). The molecule has 5 heteroatoms. The third-order valence-corrected chi connectivity index (χ3v) is 2.67. The first-order valence-corrected chi connectivity index (χ1v) is 5.58. The van der Waals surface area contributed by atoms with E-state index in [-0.39, 0.29) is 0 Å². The quantitative estimate of drug-likeness (QED) is 0.509. The fraction of sp³-hybridized carbons (Fsp3) is 0.231. The summed E-state index contributed by atoms with van der Waals surface area (Å²) in [6.45, 7) is 4.22. The van der Waals surface area contributed by atoms with Crippen molar-refractivity contribution >= 4 is 6.21 Å². The van der Waals surface area contributed by atoms with Gasteiger partial charge in [0.1, 0.15) is 18.1 Å². The largest absolute Gasteiger partial charge is 0.489 e. The summed E-state index contributed by atoms with van der Waals surface area (Å²) in [5.41, 5.74) is 2.78. The predicted molar refractivity (Wildman–Crippen MR) is 68.5 cm³/mol. The molecule has 5 nitrogen and oxygen atoms in total. The minimum absolute atomic E-state index is 0.450. The van der Waals surface area contributed by atoms with Gasteiger partial charge in [-0.2, -0.15) is 5.10 Å². The lowest BCUT2D eigenvalue weighted by Gasteiger charge is -2.05. The zero-order valence-corrected chi connectivity index (χ0v) is 10.4. The lowest BCUT2D eigenvalue weighted by Crippen LogP contribution is -1.98. The van der Waals surface area contributed by atoms with Crippen LogP contribution in [0.2, 0.25) is 0 Å². The highest BCUT2D eigenvalue weighted by Gasteiger charge is 2.09. The van der Waals surface area contributed by atoms with Crippen LogP contribution in [0.25, 0.3) is 0 Å². The van der Waals surface area contributed by atoms with E-state index in [1.54, 1.807) is 6.21 Å². The van der Waals surface area contributed by atoms with Crippen LogP contribution in [0.5, 0.6) is 5.75 Å². The van der Waals surface area contributed by atoms with Crippen molar-refractivity contribution in [1.29, 1.82) is 0 Å². The summed E-state index contributed by atoms with van der Waals surface area (Å²) in [7, 11) is 0. The number of hydrazone groups is 1.